The van der Waals surface area contributed by atoms with Gasteiger partial charge in [-0.2, -0.15) is 0 Å². The van der Waals surface area contributed by atoms with Crippen LogP contribution >= 0.6 is 0 Å². The van der Waals surface area contributed by atoms with Gasteiger partial charge in [-0.3, -0.25) is 0 Å². The van der Waals surface area contributed by atoms with Crippen LogP contribution < -0.4 is 0 Å². The highest BCUT2D eigenvalue weighted by molar-refractivity contribution is 5.01. The molecule has 4 atom stereocenters. The molecule has 1 aliphatic carbocycles. The Balaban J connectivity index is 2.64. The molecule has 1 unspecified atom stereocenters. The second kappa shape index (κ2) is 4.06. The zero-order valence-electron chi connectivity index (χ0n) is 7.77. The van der Waals surface area contributed by atoms with Gasteiger partial charge in [0.2, 0.25) is 0 Å². The van der Waals surface area contributed by atoms with Crippen LogP contribution in [0.25, 0.3) is 0 Å². The summed E-state index contributed by atoms with van der Waals surface area (Å²) in [5.41, 5.74) is 0. The van der Waals surface area contributed by atoms with Gasteiger partial charge in [-0.25, -0.2) is 0 Å². The molecule has 0 saturated carbocycles. The number of aliphatic hydroxyl groups excluding tert-OH is 2. The molecule has 2 nitrogen and oxygen atoms in total. The summed E-state index contributed by atoms with van der Waals surface area (Å²) in [5, 5.41) is 18.5. The Bertz CT molecular complexity index is 163. The average Bonchev–Trinajstić information content (AvgIpc) is 2.04. The molecule has 1 rings (SSSR count). The van der Waals surface area contributed by atoms with Crippen LogP contribution in [0, 0.1) is 17.8 Å². The Labute approximate surface area is 73.9 Å². The van der Waals surface area contributed by atoms with Crippen LogP contribution in [0.5, 0.6) is 0 Å². The lowest BCUT2D eigenvalue weighted by atomic mass is 9.77. The van der Waals surface area contributed by atoms with Gasteiger partial charge in [0.25, 0.3) is 0 Å². The third kappa shape index (κ3) is 2.08. The molecule has 1 aliphatic rings. The number of hydrogen-bond acceptors (Lipinski definition) is 2. The molecule has 70 valence electrons. The second-order valence-electron chi connectivity index (χ2n) is 3.85. The fourth-order valence-electron chi connectivity index (χ4n) is 1.91. The maximum atomic E-state index is 9.45. The van der Waals surface area contributed by atoms with Crippen molar-refractivity contribution in [2.75, 3.05) is 6.61 Å². The van der Waals surface area contributed by atoms with E-state index in [2.05, 4.69) is 13.0 Å². The van der Waals surface area contributed by atoms with E-state index in [4.69, 9.17) is 5.11 Å². The molecule has 0 amide bonds. The van der Waals surface area contributed by atoms with Crippen LogP contribution in [0.3, 0.4) is 0 Å². The van der Waals surface area contributed by atoms with Crippen molar-refractivity contribution in [1.82, 2.24) is 0 Å². The fraction of sp³-hybridized carbons (Fsp3) is 0.800. The van der Waals surface area contributed by atoms with Gasteiger partial charge in [0.1, 0.15) is 0 Å². The SMILES string of the molecule is CC(O)[C@@H]1C[C@@H](C)C=C[C@H]1CO. The third-order valence-corrected chi connectivity index (χ3v) is 2.71. The van der Waals surface area contributed by atoms with Gasteiger partial charge in [-0.15, -0.1) is 0 Å². The van der Waals surface area contributed by atoms with Crippen LogP contribution in [0.15, 0.2) is 12.2 Å². The van der Waals surface area contributed by atoms with Gasteiger partial charge in [0, 0.05) is 12.5 Å². The van der Waals surface area contributed by atoms with E-state index in [9.17, 15) is 5.11 Å². The van der Waals surface area contributed by atoms with Gasteiger partial charge >= 0.3 is 0 Å². The summed E-state index contributed by atoms with van der Waals surface area (Å²) in [6.07, 6.45) is 4.83. The van der Waals surface area contributed by atoms with Gasteiger partial charge in [0.05, 0.1) is 6.10 Å². The predicted octanol–water partition coefficient (Wildman–Crippen LogP) is 1.19. The molecule has 0 aromatic carbocycles. The Morgan fingerprint density at radius 1 is 1.50 bits per heavy atom. The number of allylic oxidation sites excluding steroid dienone is 1. The van der Waals surface area contributed by atoms with E-state index < -0.39 is 0 Å². The first-order valence-electron chi connectivity index (χ1n) is 4.62. The predicted molar refractivity (Wildman–Crippen MR) is 48.7 cm³/mol. The van der Waals surface area contributed by atoms with E-state index in [1.54, 1.807) is 6.92 Å². The van der Waals surface area contributed by atoms with E-state index >= 15 is 0 Å². The van der Waals surface area contributed by atoms with Gasteiger partial charge in [0.15, 0.2) is 0 Å². The normalized spacial score (nSPS) is 38.2. The number of hydrogen-bond donors (Lipinski definition) is 2. The van der Waals surface area contributed by atoms with E-state index in [-0.39, 0.29) is 24.5 Å². The topological polar surface area (TPSA) is 40.5 Å². The lowest BCUT2D eigenvalue weighted by Crippen LogP contribution is -2.30. The molecule has 0 aromatic heterocycles. The average molecular weight is 170 g/mol. The zero-order valence-corrected chi connectivity index (χ0v) is 7.77. The van der Waals surface area contributed by atoms with Crippen LogP contribution in [0.1, 0.15) is 20.3 Å². The van der Waals surface area contributed by atoms with Crippen molar-refractivity contribution in [3.8, 4) is 0 Å². The summed E-state index contributed by atoms with van der Waals surface area (Å²) in [5.74, 6) is 0.920. The summed E-state index contributed by atoms with van der Waals surface area (Å²) in [6.45, 7) is 4.09. The Morgan fingerprint density at radius 2 is 2.17 bits per heavy atom. The minimum atomic E-state index is -0.311. The Hall–Kier alpha value is -0.340. The highest BCUT2D eigenvalue weighted by Crippen LogP contribution is 2.30. The Morgan fingerprint density at radius 3 is 2.67 bits per heavy atom. The van der Waals surface area contributed by atoms with Crippen molar-refractivity contribution in [3.63, 3.8) is 0 Å². The molecule has 0 fully saturated rings. The molecule has 0 saturated heterocycles. The molecule has 12 heavy (non-hydrogen) atoms. The van der Waals surface area contributed by atoms with Crippen LogP contribution in [-0.4, -0.2) is 22.9 Å². The lowest BCUT2D eigenvalue weighted by molar-refractivity contribution is 0.0619. The summed E-state index contributed by atoms with van der Waals surface area (Å²) in [6, 6.07) is 0. The zero-order chi connectivity index (χ0) is 9.14. The van der Waals surface area contributed by atoms with Crippen molar-refractivity contribution >= 4 is 0 Å². The molecule has 0 aliphatic heterocycles. The van der Waals surface area contributed by atoms with Crippen molar-refractivity contribution < 1.29 is 10.2 Å². The lowest BCUT2D eigenvalue weighted by Gasteiger charge is -2.31. The molecular weight excluding hydrogens is 152 g/mol. The van der Waals surface area contributed by atoms with Crippen molar-refractivity contribution in [3.05, 3.63) is 12.2 Å². The molecule has 2 N–H and O–H groups in total. The minimum Gasteiger partial charge on any atom is -0.396 e. The van der Waals surface area contributed by atoms with E-state index in [1.165, 1.54) is 0 Å². The van der Waals surface area contributed by atoms with Gasteiger partial charge in [-0.05, 0) is 25.2 Å². The standard InChI is InChI=1S/C10H18O2/c1-7-3-4-9(6-11)10(5-7)8(2)12/h3-4,7-12H,5-6H2,1-2H3/t7-,8?,9-,10-/m0/s1. The maximum absolute atomic E-state index is 9.45. The first-order chi connectivity index (χ1) is 5.65. The van der Waals surface area contributed by atoms with Gasteiger partial charge < -0.3 is 10.2 Å². The van der Waals surface area contributed by atoms with Crippen LogP contribution in [0.2, 0.25) is 0 Å². The number of aliphatic hydroxyl groups is 2. The minimum absolute atomic E-state index is 0.152. The third-order valence-electron chi connectivity index (χ3n) is 2.71. The monoisotopic (exact) mass is 170 g/mol. The summed E-state index contributed by atoms with van der Waals surface area (Å²) >= 11 is 0. The highest BCUT2D eigenvalue weighted by Gasteiger charge is 2.27. The molecule has 0 aromatic rings. The van der Waals surface area contributed by atoms with Crippen molar-refractivity contribution in [1.29, 1.82) is 0 Å². The molecule has 0 radical (unpaired) electrons. The van der Waals surface area contributed by atoms with E-state index in [1.807, 2.05) is 6.08 Å². The second-order valence-corrected chi connectivity index (χ2v) is 3.85. The van der Waals surface area contributed by atoms with Crippen LogP contribution in [-0.2, 0) is 0 Å². The highest BCUT2D eigenvalue weighted by atomic mass is 16.3. The van der Waals surface area contributed by atoms with Gasteiger partial charge in [-0.1, -0.05) is 19.1 Å². The molecule has 2 heteroatoms. The van der Waals surface area contributed by atoms with Crippen molar-refractivity contribution in [2.45, 2.75) is 26.4 Å². The fourth-order valence-corrected chi connectivity index (χ4v) is 1.91. The summed E-state index contributed by atoms with van der Waals surface area (Å²) in [4.78, 5) is 0. The maximum Gasteiger partial charge on any atom is 0.0546 e. The molecule has 0 heterocycles. The quantitative estimate of drug-likeness (QED) is 0.611. The molecule has 0 bridgehead atoms. The van der Waals surface area contributed by atoms with E-state index in [0.717, 1.165) is 6.42 Å². The smallest absolute Gasteiger partial charge is 0.0546 e. The van der Waals surface area contributed by atoms with Crippen LogP contribution in [0.4, 0.5) is 0 Å². The summed E-state index contributed by atoms with van der Waals surface area (Å²) in [7, 11) is 0. The first kappa shape index (κ1) is 9.75. The number of rotatable bonds is 2. The Kier molecular flexibility index (Phi) is 3.29. The largest absolute Gasteiger partial charge is 0.396 e. The molecule has 0 spiro atoms. The van der Waals surface area contributed by atoms with E-state index in [0.29, 0.717) is 5.92 Å². The molecular formula is C10H18O2. The van der Waals surface area contributed by atoms with Crippen molar-refractivity contribution in [2.24, 2.45) is 17.8 Å². The summed E-state index contributed by atoms with van der Waals surface area (Å²) < 4.78 is 0. The first-order valence-corrected chi connectivity index (χ1v) is 4.62.